The molecule has 0 saturated carbocycles. The van der Waals surface area contributed by atoms with Gasteiger partial charge in [0, 0.05) is 35.2 Å². The summed E-state index contributed by atoms with van der Waals surface area (Å²) in [5.74, 6) is 0.917. The second-order valence-electron chi connectivity index (χ2n) is 6.82. The number of ether oxygens (including phenoxy) is 2. The Morgan fingerprint density at radius 2 is 1.85 bits per heavy atom. The first kappa shape index (κ1) is 23.0. The first-order chi connectivity index (χ1) is 15.7. The molecule has 4 rings (SSSR count). The molecule has 6 nitrogen and oxygen atoms in total. The van der Waals surface area contributed by atoms with Crippen LogP contribution in [-0.2, 0) is 12.8 Å². The minimum atomic E-state index is -4.49. The summed E-state index contributed by atoms with van der Waals surface area (Å²) in [4.78, 5) is 14.7. The van der Waals surface area contributed by atoms with Gasteiger partial charge < -0.3 is 14.5 Å². The number of benzene rings is 1. The number of halogens is 5. The molecule has 0 unspecified atom stereocenters. The number of pyridine rings is 2. The highest BCUT2D eigenvalue weighted by Gasteiger charge is 2.32. The maximum Gasteiger partial charge on any atom is 0.433 e. The molecule has 0 saturated heterocycles. The predicted octanol–water partition coefficient (Wildman–Crippen LogP) is 5.88. The highest BCUT2D eigenvalue weighted by atomic mass is 127. The molecule has 0 spiro atoms. The first-order valence-electron chi connectivity index (χ1n) is 9.45. The molecule has 11 heteroatoms. The van der Waals surface area contributed by atoms with Crippen LogP contribution in [0.5, 0.6) is 11.5 Å². The first-order valence-corrected chi connectivity index (χ1v) is 10.5. The summed E-state index contributed by atoms with van der Waals surface area (Å²) in [7, 11) is 1.51. The molecule has 0 aliphatic rings. The van der Waals surface area contributed by atoms with Gasteiger partial charge in [0.25, 0.3) is 0 Å². The molecule has 4 aromatic rings. The largest absolute Gasteiger partial charge is 0.496 e. The standard InChI is InChI=1S/C22H15F4IN4O2/c1-32-16-8-14(33-11-12-2-6-17(28-9-12)22(24,25)26)4-5-15(16)19-20(27)31-21(30-19)13-3-7-18(23)29-10-13/h2-10H,11H2,1H3,(H,30,31). The Balaban J connectivity index is 1.53. The van der Waals surface area contributed by atoms with Gasteiger partial charge in [0.2, 0.25) is 5.95 Å². The Morgan fingerprint density at radius 3 is 2.48 bits per heavy atom. The Hall–Kier alpha value is -3.22. The average molecular weight is 570 g/mol. The van der Waals surface area contributed by atoms with Crippen LogP contribution in [0.3, 0.4) is 0 Å². The molecular weight excluding hydrogens is 555 g/mol. The third-order valence-corrected chi connectivity index (χ3v) is 5.40. The molecule has 0 aliphatic carbocycles. The minimum Gasteiger partial charge on any atom is -0.496 e. The number of hydrogen-bond acceptors (Lipinski definition) is 5. The van der Waals surface area contributed by atoms with Crippen molar-refractivity contribution in [3.8, 4) is 34.1 Å². The van der Waals surface area contributed by atoms with E-state index in [0.29, 0.717) is 37.8 Å². The van der Waals surface area contributed by atoms with Crippen molar-refractivity contribution in [3.05, 3.63) is 75.8 Å². The van der Waals surface area contributed by atoms with Crippen LogP contribution in [-0.4, -0.2) is 27.0 Å². The zero-order valence-electron chi connectivity index (χ0n) is 17.0. The molecule has 0 bridgehead atoms. The van der Waals surface area contributed by atoms with Crippen molar-refractivity contribution in [2.45, 2.75) is 12.8 Å². The van der Waals surface area contributed by atoms with E-state index < -0.39 is 17.8 Å². The third-order valence-electron chi connectivity index (χ3n) is 4.62. The second-order valence-corrected chi connectivity index (χ2v) is 7.84. The molecule has 0 fully saturated rings. The number of rotatable bonds is 6. The van der Waals surface area contributed by atoms with Gasteiger partial charge in [-0.05, 0) is 52.9 Å². The molecule has 0 aliphatic heterocycles. The van der Waals surface area contributed by atoms with E-state index in [1.165, 1.54) is 25.4 Å². The number of alkyl halides is 3. The van der Waals surface area contributed by atoms with Crippen molar-refractivity contribution in [1.29, 1.82) is 0 Å². The number of nitrogens with zero attached hydrogens (tertiary/aromatic N) is 3. The maximum absolute atomic E-state index is 13.1. The number of imidazole rings is 1. The van der Waals surface area contributed by atoms with Gasteiger partial charge in [-0.1, -0.05) is 6.07 Å². The summed E-state index contributed by atoms with van der Waals surface area (Å²) >= 11 is 2.08. The smallest absolute Gasteiger partial charge is 0.433 e. The Bertz CT molecular complexity index is 1260. The number of aromatic amines is 1. The monoisotopic (exact) mass is 570 g/mol. The van der Waals surface area contributed by atoms with E-state index in [2.05, 4.69) is 42.5 Å². The van der Waals surface area contributed by atoms with Gasteiger partial charge in [0.05, 0.1) is 12.8 Å². The number of H-pyrrole nitrogens is 1. The Kier molecular flexibility index (Phi) is 6.49. The number of hydrogen-bond donors (Lipinski definition) is 1. The molecule has 0 atom stereocenters. The van der Waals surface area contributed by atoms with Gasteiger partial charge in [-0.15, -0.1) is 0 Å². The van der Waals surface area contributed by atoms with Crippen LogP contribution in [0.15, 0.2) is 54.9 Å². The zero-order chi connectivity index (χ0) is 23.6. The normalized spacial score (nSPS) is 11.5. The van der Waals surface area contributed by atoms with E-state index in [0.717, 1.165) is 17.8 Å². The van der Waals surface area contributed by atoms with E-state index in [4.69, 9.17) is 9.47 Å². The van der Waals surface area contributed by atoms with E-state index in [1.807, 2.05) is 0 Å². The molecule has 0 radical (unpaired) electrons. The zero-order valence-corrected chi connectivity index (χ0v) is 19.1. The molecule has 3 aromatic heterocycles. The molecule has 1 N–H and O–H groups in total. The molecular formula is C22H15F4IN4O2. The quantitative estimate of drug-likeness (QED) is 0.178. The SMILES string of the molecule is COc1cc(OCc2ccc(C(F)(F)F)nc2)ccc1-c1[nH]c(-c2ccc(F)nc2)nc1I. The van der Waals surface area contributed by atoms with Gasteiger partial charge in [0.1, 0.15) is 33.3 Å². The van der Waals surface area contributed by atoms with Crippen molar-refractivity contribution in [2.75, 3.05) is 7.11 Å². The second kappa shape index (κ2) is 9.33. The highest BCUT2D eigenvalue weighted by molar-refractivity contribution is 14.1. The van der Waals surface area contributed by atoms with Crippen molar-refractivity contribution in [1.82, 2.24) is 19.9 Å². The van der Waals surface area contributed by atoms with Crippen LogP contribution in [0.2, 0.25) is 0 Å². The topological polar surface area (TPSA) is 72.9 Å². The Labute approximate surface area is 199 Å². The Morgan fingerprint density at radius 1 is 1.03 bits per heavy atom. The van der Waals surface area contributed by atoms with Crippen molar-refractivity contribution in [2.24, 2.45) is 0 Å². The van der Waals surface area contributed by atoms with Gasteiger partial charge >= 0.3 is 6.18 Å². The fourth-order valence-electron chi connectivity index (χ4n) is 3.00. The molecule has 0 amide bonds. The molecule has 170 valence electrons. The summed E-state index contributed by atoms with van der Waals surface area (Å²) < 4.78 is 62.9. The van der Waals surface area contributed by atoms with Crippen LogP contribution in [0.25, 0.3) is 22.6 Å². The lowest BCUT2D eigenvalue weighted by molar-refractivity contribution is -0.141. The lowest BCUT2D eigenvalue weighted by Crippen LogP contribution is -2.08. The lowest BCUT2D eigenvalue weighted by Gasteiger charge is -2.12. The third kappa shape index (κ3) is 5.24. The lowest BCUT2D eigenvalue weighted by atomic mass is 10.1. The highest BCUT2D eigenvalue weighted by Crippen LogP contribution is 2.36. The van der Waals surface area contributed by atoms with E-state index in [1.54, 1.807) is 24.3 Å². The number of methoxy groups -OCH3 is 1. The van der Waals surface area contributed by atoms with Gasteiger partial charge in [0.15, 0.2) is 0 Å². The van der Waals surface area contributed by atoms with Crippen LogP contribution >= 0.6 is 22.6 Å². The van der Waals surface area contributed by atoms with Gasteiger partial charge in [-0.25, -0.2) is 9.97 Å². The summed E-state index contributed by atoms with van der Waals surface area (Å²) in [5.41, 5.74) is 1.59. The van der Waals surface area contributed by atoms with E-state index in [9.17, 15) is 17.6 Å². The maximum atomic E-state index is 13.1. The molecule has 1 aromatic carbocycles. The van der Waals surface area contributed by atoms with Crippen LogP contribution in [0.4, 0.5) is 17.6 Å². The van der Waals surface area contributed by atoms with Crippen molar-refractivity contribution >= 4 is 22.6 Å². The van der Waals surface area contributed by atoms with Crippen LogP contribution in [0.1, 0.15) is 11.3 Å². The number of nitrogens with one attached hydrogen (secondary N) is 1. The van der Waals surface area contributed by atoms with E-state index >= 15 is 0 Å². The predicted molar refractivity (Wildman–Crippen MR) is 120 cm³/mol. The fourth-order valence-corrected chi connectivity index (χ4v) is 3.66. The van der Waals surface area contributed by atoms with E-state index in [-0.39, 0.29) is 6.61 Å². The summed E-state index contributed by atoms with van der Waals surface area (Å²) in [6.07, 6.45) is -1.97. The van der Waals surface area contributed by atoms with Crippen LogP contribution < -0.4 is 9.47 Å². The summed E-state index contributed by atoms with van der Waals surface area (Å²) in [6.45, 7) is 0.0386. The van der Waals surface area contributed by atoms with Gasteiger partial charge in [-0.3, -0.25) is 4.98 Å². The average Bonchev–Trinajstić information content (AvgIpc) is 3.19. The fraction of sp³-hybridized carbons (Fsp3) is 0.136. The molecule has 3 heterocycles. The number of aromatic nitrogens is 4. The molecule has 33 heavy (non-hydrogen) atoms. The summed E-state index contributed by atoms with van der Waals surface area (Å²) in [5, 5.41) is 0. The van der Waals surface area contributed by atoms with Crippen molar-refractivity contribution in [3.63, 3.8) is 0 Å². The minimum absolute atomic E-state index is 0.0386. The van der Waals surface area contributed by atoms with Gasteiger partial charge in [-0.2, -0.15) is 17.6 Å². The van der Waals surface area contributed by atoms with Crippen molar-refractivity contribution < 1.29 is 27.0 Å². The van der Waals surface area contributed by atoms with Crippen LogP contribution in [0, 0.1) is 9.65 Å². The summed E-state index contributed by atoms with van der Waals surface area (Å²) in [6, 6.07) is 10.2.